The number of anilines is 1. The quantitative estimate of drug-likeness (QED) is 0.196. The highest BCUT2D eigenvalue weighted by atomic mass is 32.2. The molecule has 0 atom stereocenters. The van der Waals surface area contributed by atoms with Crippen LogP contribution >= 0.6 is 11.8 Å². The lowest BCUT2D eigenvalue weighted by Gasteiger charge is -2.10. The van der Waals surface area contributed by atoms with E-state index in [1.165, 1.54) is 12.1 Å². The molecular formula is C25H18N4O5S. The first-order valence-electron chi connectivity index (χ1n) is 10.4. The van der Waals surface area contributed by atoms with E-state index in [9.17, 15) is 19.2 Å². The summed E-state index contributed by atoms with van der Waals surface area (Å²) in [6, 6.07) is 19.8. The number of nitrogens with zero attached hydrogens (tertiary/aromatic N) is 1. The number of aromatic nitrogens is 2. The molecule has 0 saturated carbocycles. The van der Waals surface area contributed by atoms with Crippen LogP contribution < -0.4 is 11.0 Å². The van der Waals surface area contributed by atoms with Gasteiger partial charge in [0.1, 0.15) is 0 Å². The average Bonchev–Trinajstić information content (AvgIpc) is 3.25. The maximum absolute atomic E-state index is 12.7. The summed E-state index contributed by atoms with van der Waals surface area (Å²) in [7, 11) is 0. The van der Waals surface area contributed by atoms with Gasteiger partial charge in [-0.05, 0) is 48.5 Å². The minimum Gasteiger partial charge on any atom is -0.454 e. The number of ketones is 1. The molecule has 1 aromatic heterocycles. The topological polar surface area (TPSA) is 145 Å². The second-order valence-corrected chi connectivity index (χ2v) is 8.38. The van der Waals surface area contributed by atoms with Crippen molar-refractivity contribution in [2.75, 3.05) is 17.7 Å². The van der Waals surface area contributed by atoms with Gasteiger partial charge in [0.15, 0.2) is 12.4 Å². The zero-order valence-corrected chi connectivity index (χ0v) is 19.0. The van der Waals surface area contributed by atoms with E-state index in [2.05, 4.69) is 15.3 Å². The summed E-state index contributed by atoms with van der Waals surface area (Å²) in [5.41, 5.74) is 2.12. The molecule has 9 nitrogen and oxygen atoms in total. The van der Waals surface area contributed by atoms with E-state index in [-0.39, 0.29) is 22.9 Å². The van der Waals surface area contributed by atoms with Gasteiger partial charge >= 0.3 is 11.7 Å². The number of H-pyrrole nitrogens is 2. The molecule has 3 aromatic carbocycles. The Labute approximate surface area is 203 Å². The fraction of sp³-hybridized carbons (Fsp3) is 0.0800. The van der Waals surface area contributed by atoms with Crippen LogP contribution in [0.25, 0.3) is 11.0 Å². The molecule has 174 valence electrons. The number of esters is 1. The number of imidazole rings is 1. The van der Waals surface area contributed by atoms with Gasteiger partial charge < -0.3 is 20.0 Å². The van der Waals surface area contributed by atoms with Gasteiger partial charge in [0, 0.05) is 16.1 Å². The normalized spacial score (nSPS) is 10.5. The SMILES string of the molecule is N#Cc1cccc(NC(=O)CSc2ccccc2C(=O)OCC(=O)c2ccc3[nH]c(=O)[nH]c3c2)c1. The van der Waals surface area contributed by atoms with Crippen LogP contribution in [0.2, 0.25) is 0 Å². The van der Waals surface area contributed by atoms with Gasteiger partial charge in [-0.25, -0.2) is 9.59 Å². The van der Waals surface area contributed by atoms with Crippen molar-refractivity contribution in [1.29, 1.82) is 5.26 Å². The Morgan fingerprint density at radius 1 is 0.971 bits per heavy atom. The largest absolute Gasteiger partial charge is 0.454 e. The summed E-state index contributed by atoms with van der Waals surface area (Å²) in [4.78, 5) is 54.6. The van der Waals surface area contributed by atoms with Crippen LogP contribution in [-0.4, -0.2) is 40.0 Å². The predicted molar refractivity (Wildman–Crippen MR) is 130 cm³/mol. The number of Topliss-reactive ketones (excluding diaryl/α,β-unsaturated/α-hetero) is 1. The number of carbonyl (C=O) groups excluding carboxylic acids is 3. The van der Waals surface area contributed by atoms with Crippen LogP contribution in [0, 0.1) is 11.3 Å². The molecule has 4 aromatic rings. The molecular weight excluding hydrogens is 468 g/mol. The van der Waals surface area contributed by atoms with Crippen molar-refractivity contribution in [1.82, 2.24) is 9.97 Å². The Balaban J connectivity index is 1.36. The Hall–Kier alpha value is -4.62. The molecule has 10 heteroatoms. The van der Waals surface area contributed by atoms with E-state index in [0.717, 1.165) is 11.8 Å². The van der Waals surface area contributed by atoms with Gasteiger partial charge in [-0.3, -0.25) is 9.59 Å². The maximum Gasteiger partial charge on any atom is 0.339 e. The number of fused-ring (bicyclic) bond motifs is 1. The summed E-state index contributed by atoms with van der Waals surface area (Å²) in [6.45, 7) is -0.478. The minimum absolute atomic E-state index is 0.0227. The smallest absolute Gasteiger partial charge is 0.339 e. The van der Waals surface area contributed by atoms with Crippen molar-refractivity contribution in [3.8, 4) is 6.07 Å². The van der Waals surface area contributed by atoms with Crippen molar-refractivity contribution in [2.24, 2.45) is 0 Å². The average molecular weight is 487 g/mol. The molecule has 1 heterocycles. The van der Waals surface area contributed by atoms with Crippen molar-refractivity contribution in [3.05, 3.63) is 93.9 Å². The lowest BCUT2D eigenvalue weighted by molar-refractivity contribution is -0.113. The number of benzene rings is 3. The third kappa shape index (κ3) is 5.85. The van der Waals surface area contributed by atoms with Crippen LogP contribution in [0.1, 0.15) is 26.3 Å². The summed E-state index contributed by atoms with van der Waals surface area (Å²) in [5, 5.41) is 11.7. The van der Waals surface area contributed by atoms with Gasteiger partial charge in [0.2, 0.25) is 5.91 Å². The number of nitriles is 1. The van der Waals surface area contributed by atoms with Crippen LogP contribution in [0.15, 0.2) is 76.4 Å². The molecule has 1 amide bonds. The van der Waals surface area contributed by atoms with Gasteiger partial charge in [-0.15, -0.1) is 11.8 Å². The Bertz CT molecular complexity index is 1530. The molecule has 4 rings (SSSR count). The van der Waals surface area contributed by atoms with Crippen molar-refractivity contribution < 1.29 is 19.1 Å². The minimum atomic E-state index is -0.695. The Kier molecular flexibility index (Phi) is 7.09. The fourth-order valence-electron chi connectivity index (χ4n) is 3.27. The second kappa shape index (κ2) is 10.5. The first-order valence-corrected chi connectivity index (χ1v) is 11.4. The number of hydrogen-bond donors (Lipinski definition) is 3. The van der Waals surface area contributed by atoms with Gasteiger partial charge in [-0.2, -0.15) is 5.26 Å². The van der Waals surface area contributed by atoms with E-state index >= 15 is 0 Å². The molecule has 0 aliphatic rings. The number of hydrogen-bond acceptors (Lipinski definition) is 7. The molecule has 0 unspecified atom stereocenters. The van der Waals surface area contributed by atoms with E-state index in [1.807, 2.05) is 6.07 Å². The zero-order valence-electron chi connectivity index (χ0n) is 18.2. The number of nitrogens with one attached hydrogen (secondary N) is 3. The fourth-order valence-corrected chi connectivity index (χ4v) is 4.11. The number of thioether (sulfide) groups is 1. The van der Waals surface area contributed by atoms with Gasteiger partial charge in [-0.1, -0.05) is 18.2 Å². The Morgan fingerprint density at radius 3 is 2.60 bits per heavy atom. The van der Waals surface area contributed by atoms with E-state index < -0.39 is 18.4 Å². The van der Waals surface area contributed by atoms with E-state index in [1.54, 1.807) is 54.6 Å². The van der Waals surface area contributed by atoms with E-state index in [0.29, 0.717) is 32.7 Å². The lowest BCUT2D eigenvalue weighted by atomic mass is 10.1. The standard InChI is InChI=1S/C25H18N4O5S/c26-12-15-4-3-5-17(10-15)27-23(31)14-35-22-7-2-1-6-18(22)24(32)34-13-21(30)16-8-9-19-20(11-16)29-25(33)28-19/h1-11H,13-14H2,(H,27,31)(H2,28,29,33). The molecule has 0 saturated heterocycles. The third-order valence-corrected chi connectivity index (χ3v) is 5.99. The number of carbonyl (C=O) groups is 3. The summed E-state index contributed by atoms with van der Waals surface area (Å²) in [5.74, 6) is -1.40. The third-order valence-electron chi connectivity index (χ3n) is 4.91. The highest BCUT2D eigenvalue weighted by molar-refractivity contribution is 8.00. The molecule has 0 aliphatic heterocycles. The Morgan fingerprint density at radius 2 is 1.77 bits per heavy atom. The van der Waals surface area contributed by atoms with E-state index in [4.69, 9.17) is 10.00 Å². The summed E-state index contributed by atoms with van der Waals surface area (Å²) in [6.07, 6.45) is 0. The number of amides is 1. The predicted octanol–water partition coefficient (Wildman–Crippen LogP) is 3.50. The molecule has 35 heavy (non-hydrogen) atoms. The van der Waals surface area contributed by atoms with Crippen molar-refractivity contribution >= 4 is 46.1 Å². The molecule has 3 N–H and O–H groups in total. The first-order chi connectivity index (χ1) is 16.9. The second-order valence-electron chi connectivity index (χ2n) is 7.36. The summed E-state index contributed by atoms with van der Waals surface area (Å²) < 4.78 is 5.22. The molecule has 0 bridgehead atoms. The molecule has 0 aliphatic carbocycles. The molecule has 0 fully saturated rings. The number of aromatic amines is 2. The maximum atomic E-state index is 12.7. The lowest BCUT2D eigenvalue weighted by Crippen LogP contribution is -2.16. The van der Waals surface area contributed by atoms with Crippen LogP contribution in [-0.2, 0) is 9.53 Å². The monoisotopic (exact) mass is 486 g/mol. The number of rotatable bonds is 8. The highest BCUT2D eigenvalue weighted by Gasteiger charge is 2.17. The van der Waals surface area contributed by atoms with Crippen molar-refractivity contribution in [2.45, 2.75) is 4.90 Å². The van der Waals surface area contributed by atoms with Crippen LogP contribution in [0.3, 0.4) is 0 Å². The highest BCUT2D eigenvalue weighted by Crippen LogP contribution is 2.24. The first kappa shape index (κ1) is 23.5. The van der Waals surface area contributed by atoms with Crippen molar-refractivity contribution in [3.63, 3.8) is 0 Å². The molecule has 0 radical (unpaired) electrons. The number of ether oxygens (including phenoxy) is 1. The van der Waals surface area contributed by atoms with Crippen LogP contribution in [0.4, 0.5) is 5.69 Å². The zero-order chi connectivity index (χ0) is 24.8. The van der Waals surface area contributed by atoms with Gasteiger partial charge in [0.05, 0.1) is 34.0 Å². The molecule has 0 spiro atoms. The van der Waals surface area contributed by atoms with Crippen LogP contribution in [0.5, 0.6) is 0 Å². The summed E-state index contributed by atoms with van der Waals surface area (Å²) >= 11 is 1.15. The van der Waals surface area contributed by atoms with Gasteiger partial charge in [0.25, 0.3) is 0 Å².